The van der Waals surface area contributed by atoms with E-state index in [1.807, 2.05) is 38.1 Å². The number of rotatable bonds is 8. The summed E-state index contributed by atoms with van der Waals surface area (Å²) in [5.74, 6) is 2.50. The van der Waals surface area contributed by atoms with E-state index in [4.69, 9.17) is 34.6 Å². The molecule has 0 aliphatic heterocycles. The summed E-state index contributed by atoms with van der Waals surface area (Å²) in [4.78, 5) is 9.77. The molecule has 184 valence electrons. The Morgan fingerprint density at radius 2 is 1.09 bits per heavy atom. The van der Waals surface area contributed by atoms with E-state index in [9.17, 15) is 0 Å². The molecule has 3 nitrogen and oxygen atoms in total. The third-order valence-electron chi connectivity index (χ3n) is 6.06. The van der Waals surface area contributed by atoms with Gasteiger partial charge in [-0.05, 0) is 73.9 Å². The van der Waals surface area contributed by atoms with Crippen LogP contribution in [0.3, 0.4) is 0 Å². The van der Waals surface area contributed by atoms with Gasteiger partial charge in [0.1, 0.15) is 11.5 Å². The summed E-state index contributed by atoms with van der Waals surface area (Å²) in [6.45, 7) is 12.9. The second-order valence-electron chi connectivity index (χ2n) is 8.35. The zero-order chi connectivity index (χ0) is 25.1. The number of hydrogen-bond donors (Lipinski definition) is 0. The summed E-state index contributed by atoms with van der Waals surface area (Å²) >= 11 is 0.194. The molecule has 2 atom stereocenters. The van der Waals surface area contributed by atoms with Crippen LogP contribution in [-0.2, 0) is 13.1 Å². The molecule has 1 heterocycles. The van der Waals surface area contributed by atoms with Gasteiger partial charge in [-0.15, -0.1) is 0 Å². The van der Waals surface area contributed by atoms with Gasteiger partial charge in [0, 0.05) is 0 Å². The molecule has 0 aliphatic rings. The minimum atomic E-state index is 0.194. The molecule has 0 amide bonds. The van der Waals surface area contributed by atoms with E-state index in [0.717, 1.165) is 47.2 Å². The van der Waals surface area contributed by atoms with Gasteiger partial charge in [0.05, 0.1) is 22.8 Å². The summed E-state index contributed by atoms with van der Waals surface area (Å²) < 4.78 is 6.14. The molecule has 0 N–H and O–H groups in total. The van der Waals surface area contributed by atoms with Crippen LogP contribution in [0.25, 0.3) is 0 Å². The first-order valence-electron chi connectivity index (χ1n) is 11.6. The van der Waals surface area contributed by atoms with Crippen LogP contribution in [0.15, 0.2) is 75.1 Å². The number of benzene rings is 2. The fraction of sp³-hybridized carbons (Fsp3) is 0.357. The summed E-state index contributed by atoms with van der Waals surface area (Å²) in [6.07, 6.45) is 2.18. The summed E-state index contributed by atoms with van der Waals surface area (Å²) in [5, 5.41) is 0. The van der Waals surface area contributed by atoms with Crippen molar-refractivity contribution in [2.75, 3.05) is 0 Å². The van der Waals surface area contributed by atoms with Gasteiger partial charge in [-0.25, -0.2) is 9.98 Å². The molecule has 0 fully saturated rings. The van der Waals surface area contributed by atoms with Gasteiger partial charge >= 0.3 is 33.3 Å². The quantitative estimate of drug-likeness (QED) is 0.207. The summed E-state index contributed by atoms with van der Waals surface area (Å²) in [5.41, 5.74) is 6.32. The Morgan fingerprint density at radius 3 is 1.44 bits per heavy atom. The molecule has 34 heavy (non-hydrogen) atoms. The van der Waals surface area contributed by atoms with Crippen LogP contribution >= 0.6 is 20.2 Å². The molecule has 1 aromatic heterocycles. The number of hydrogen-bond acceptors (Lipinski definition) is 3. The number of halogens is 2. The van der Waals surface area contributed by atoms with Crippen LogP contribution in [0.2, 0.25) is 0 Å². The van der Waals surface area contributed by atoms with Gasteiger partial charge in [-0.1, -0.05) is 64.1 Å². The Bertz CT molecular complexity index is 1020. The van der Waals surface area contributed by atoms with Crippen molar-refractivity contribution in [2.45, 2.75) is 66.2 Å². The maximum absolute atomic E-state index is 6.14. The number of aliphatic imine (C=N–C) groups is 2. The molecule has 2 unspecified atom stereocenters. The van der Waals surface area contributed by atoms with Crippen molar-refractivity contribution < 1.29 is 17.6 Å². The molecule has 2 aromatic carbocycles. The van der Waals surface area contributed by atoms with Gasteiger partial charge in [-0.2, -0.15) is 0 Å². The maximum atomic E-state index is 6.14. The first-order chi connectivity index (χ1) is 16.4. The van der Waals surface area contributed by atoms with Crippen LogP contribution in [0.4, 0.5) is 11.4 Å². The van der Waals surface area contributed by atoms with E-state index in [0.29, 0.717) is 11.8 Å². The van der Waals surface area contributed by atoms with Crippen molar-refractivity contribution in [3.05, 3.63) is 83.3 Å². The molecule has 3 rings (SSSR count). The zero-order valence-corrected chi connectivity index (χ0v) is 23.4. The first kappa shape index (κ1) is 28.4. The third kappa shape index (κ3) is 7.85. The molecular weight excluding hydrogens is 507 g/mol. The van der Waals surface area contributed by atoms with E-state index in [2.05, 4.69) is 64.1 Å². The summed E-state index contributed by atoms with van der Waals surface area (Å²) in [7, 11) is 9.53. The van der Waals surface area contributed by atoms with Crippen molar-refractivity contribution in [1.29, 1.82) is 0 Å². The topological polar surface area (TPSA) is 37.9 Å². The van der Waals surface area contributed by atoms with Crippen LogP contribution in [0, 0.1) is 0 Å². The van der Waals surface area contributed by atoms with E-state index >= 15 is 0 Å². The Labute approximate surface area is 219 Å². The Hall–Kier alpha value is -1.84. The normalized spacial score (nSPS) is 13.9. The molecular formula is C28H34Cl2FeN2O. The van der Waals surface area contributed by atoms with E-state index < -0.39 is 0 Å². The predicted molar refractivity (Wildman–Crippen MR) is 144 cm³/mol. The van der Waals surface area contributed by atoms with Crippen molar-refractivity contribution >= 4 is 43.0 Å². The average molecular weight is 541 g/mol. The van der Waals surface area contributed by atoms with Crippen LogP contribution in [0.5, 0.6) is 0 Å². The monoisotopic (exact) mass is 540 g/mol. The van der Waals surface area contributed by atoms with Crippen molar-refractivity contribution in [1.82, 2.24) is 0 Å². The first-order valence-corrected chi connectivity index (χ1v) is 14.6. The van der Waals surface area contributed by atoms with Crippen LogP contribution in [-0.4, -0.2) is 11.4 Å². The molecule has 0 saturated heterocycles. The number of nitrogens with zero attached hydrogens (tertiary/aromatic N) is 2. The van der Waals surface area contributed by atoms with Crippen LogP contribution in [0.1, 0.15) is 88.9 Å². The third-order valence-corrected chi connectivity index (χ3v) is 6.06. The molecule has 0 aliphatic carbocycles. The van der Waals surface area contributed by atoms with Crippen molar-refractivity contribution in [2.24, 2.45) is 9.98 Å². The molecule has 6 heteroatoms. The summed E-state index contributed by atoms with van der Waals surface area (Å²) in [6, 6.07) is 20.7. The van der Waals surface area contributed by atoms with Gasteiger partial charge in [-0.3, -0.25) is 0 Å². The standard InChI is InChI=1S/C28H34N2O.2ClH.Fe/c1-7-19(3)23-13-9-11-15-25(23)29-21(5)27-17-18-28(31-27)22(6)30-26-16-12-10-14-24(26)20(4)8-2;;;/h9-20H,7-8H2,1-6H3;2*1H;/q;;;+2/p-2. The van der Waals surface area contributed by atoms with Crippen molar-refractivity contribution in [3.63, 3.8) is 0 Å². The number of para-hydroxylation sites is 2. The van der Waals surface area contributed by atoms with Gasteiger partial charge in [0.2, 0.25) is 0 Å². The molecule has 0 spiro atoms. The predicted octanol–water partition coefficient (Wildman–Crippen LogP) is 9.96. The Morgan fingerprint density at radius 1 is 0.735 bits per heavy atom. The second kappa shape index (κ2) is 14.5. The van der Waals surface area contributed by atoms with E-state index in [1.165, 1.54) is 11.1 Å². The molecule has 0 saturated carbocycles. The van der Waals surface area contributed by atoms with Gasteiger partial charge in [0.25, 0.3) is 0 Å². The molecule has 0 radical (unpaired) electrons. The Balaban J connectivity index is 0.00000129. The van der Waals surface area contributed by atoms with Crippen molar-refractivity contribution in [3.8, 4) is 0 Å². The van der Waals surface area contributed by atoms with Gasteiger partial charge in [0.15, 0.2) is 0 Å². The zero-order valence-electron chi connectivity index (χ0n) is 20.8. The van der Waals surface area contributed by atoms with E-state index in [-0.39, 0.29) is 13.1 Å². The molecule has 3 aromatic rings. The van der Waals surface area contributed by atoms with Gasteiger partial charge < -0.3 is 4.42 Å². The minimum absolute atomic E-state index is 0.194. The average Bonchev–Trinajstić information content (AvgIpc) is 3.35. The number of furan rings is 1. The Kier molecular flexibility index (Phi) is 12.1. The fourth-order valence-corrected chi connectivity index (χ4v) is 3.65. The fourth-order valence-electron chi connectivity index (χ4n) is 3.65. The van der Waals surface area contributed by atoms with E-state index in [1.54, 1.807) is 0 Å². The molecule has 0 bridgehead atoms. The SMILES string of the molecule is CCC(C)c1ccccc1N=C(C)c1ccc(C(C)=Nc2ccccc2C(C)CC)o1.[Cl][Fe][Cl]. The van der Waals surface area contributed by atoms with Crippen LogP contribution < -0.4 is 0 Å². The second-order valence-corrected chi connectivity index (χ2v) is 10.2.